The summed E-state index contributed by atoms with van der Waals surface area (Å²) in [6.45, 7) is 1.90. The van der Waals surface area contributed by atoms with Gasteiger partial charge in [0.2, 0.25) is 0 Å². The number of hydrogen-bond donors (Lipinski definition) is 1. The molecule has 1 saturated heterocycles. The van der Waals surface area contributed by atoms with E-state index in [9.17, 15) is 4.39 Å². The van der Waals surface area contributed by atoms with Gasteiger partial charge >= 0.3 is 0 Å². The molecular formula is C18H20FNO. The summed E-state index contributed by atoms with van der Waals surface area (Å²) in [4.78, 5) is 0. The van der Waals surface area contributed by atoms with Crippen LogP contribution < -0.4 is 10.1 Å². The molecule has 0 radical (unpaired) electrons. The molecule has 1 heterocycles. The second kappa shape index (κ2) is 6.72. The minimum Gasteiger partial charge on any atom is -0.489 e. The van der Waals surface area contributed by atoms with Crippen LogP contribution in [0.25, 0.3) is 0 Å². The Hall–Kier alpha value is -1.87. The number of alkyl halides is 1. The monoisotopic (exact) mass is 285 g/mol. The number of benzene rings is 2. The lowest BCUT2D eigenvalue weighted by Crippen LogP contribution is -2.36. The second-order valence-corrected chi connectivity index (χ2v) is 5.46. The van der Waals surface area contributed by atoms with Crippen molar-refractivity contribution in [2.75, 3.05) is 13.1 Å². The molecule has 0 aliphatic carbocycles. The summed E-state index contributed by atoms with van der Waals surface area (Å²) >= 11 is 0. The van der Waals surface area contributed by atoms with Crippen molar-refractivity contribution >= 4 is 0 Å². The van der Waals surface area contributed by atoms with Crippen LogP contribution in [-0.4, -0.2) is 19.3 Å². The largest absolute Gasteiger partial charge is 0.489 e. The maximum atomic E-state index is 13.9. The summed E-state index contributed by atoms with van der Waals surface area (Å²) in [6.07, 6.45) is 0.0561. The zero-order valence-electron chi connectivity index (χ0n) is 12.0. The van der Waals surface area contributed by atoms with Gasteiger partial charge in [-0.05, 0) is 36.2 Å². The summed E-state index contributed by atoms with van der Waals surface area (Å²) < 4.78 is 19.7. The molecule has 2 aromatic carbocycles. The Balaban J connectivity index is 1.61. The van der Waals surface area contributed by atoms with Gasteiger partial charge < -0.3 is 10.1 Å². The van der Waals surface area contributed by atoms with Crippen molar-refractivity contribution in [1.82, 2.24) is 5.32 Å². The number of rotatable bonds is 4. The van der Waals surface area contributed by atoms with E-state index in [1.54, 1.807) is 0 Å². The van der Waals surface area contributed by atoms with Gasteiger partial charge in [0.25, 0.3) is 0 Å². The summed E-state index contributed by atoms with van der Waals surface area (Å²) in [6, 6.07) is 17.9. The van der Waals surface area contributed by atoms with E-state index in [2.05, 4.69) is 5.32 Å². The molecule has 1 aliphatic rings. The zero-order valence-corrected chi connectivity index (χ0v) is 12.0. The fraction of sp³-hybridized carbons (Fsp3) is 0.333. The maximum Gasteiger partial charge on any atom is 0.119 e. The lowest BCUT2D eigenvalue weighted by atomic mass is 9.89. The van der Waals surface area contributed by atoms with E-state index in [1.807, 2.05) is 54.6 Å². The molecule has 3 rings (SSSR count). The zero-order chi connectivity index (χ0) is 14.5. The number of nitrogens with one attached hydrogen (secondary N) is 1. The fourth-order valence-electron chi connectivity index (χ4n) is 2.75. The standard InChI is InChI=1S/C18H20FNO/c19-18-12-20-11-10-17(18)15-6-8-16(9-7-15)21-13-14-4-2-1-3-5-14/h1-9,17-18,20H,10-13H2/t17-,18-/m1/s1. The van der Waals surface area contributed by atoms with Crippen LogP contribution in [0.1, 0.15) is 23.5 Å². The number of piperidine rings is 1. The van der Waals surface area contributed by atoms with E-state index in [-0.39, 0.29) is 5.92 Å². The lowest BCUT2D eigenvalue weighted by molar-refractivity contribution is 0.231. The van der Waals surface area contributed by atoms with E-state index in [0.717, 1.165) is 29.8 Å². The van der Waals surface area contributed by atoms with Crippen LogP contribution in [0.5, 0.6) is 5.75 Å². The first-order valence-corrected chi connectivity index (χ1v) is 7.44. The van der Waals surface area contributed by atoms with E-state index < -0.39 is 6.17 Å². The molecule has 1 N–H and O–H groups in total. The molecule has 0 bridgehead atoms. The number of halogens is 1. The van der Waals surface area contributed by atoms with Crippen LogP contribution in [-0.2, 0) is 6.61 Å². The van der Waals surface area contributed by atoms with Gasteiger partial charge in [-0.2, -0.15) is 0 Å². The summed E-state index contributed by atoms with van der Waals surface area (Å²) in [5.41, 5.74) is 2.21. The average Bonchev–Trinajstić information content (AvgIpc) is 2.55. The van der Waals surface area contributed by atoms with Crippen molar-refractivity contribution < 1.29 is 9.13 Å². The summed E-state index contributed by atoms with van der Waals surface area (Å²) in [5.74, 6) is 0.835. The van der Waals surface area contributed by atoms with Gasteiger partial charge in [0, 0.05) is 12.5 Å². The number of hydrogen-bond acceptors (Lipinski definition) is 2. The lowest BCUT2D eigenvalue weighted by Gasteiger charge is -2.27. The molecule has 2 atom stereocenters. The highest BCUT2D eigenvalue weighted by Gasteiger charge is 2.25. The van der Waals surface area contributed by atoms with Crippen molar-refractivity contribution in [3.63, 3.8) is 0 Å². The summed E-state index contributed by atoms with van der Waals surface area (Å²) in [7, 11) is 0. The van der Waals surface area contributed by atoms with Crippen molar-refractivity contribution in [3.05, 3.63) is 65.7 Å². The van der Waals surface area contributed by atoms with Crippen LogP contribution in [0.15, 0.2) is 54.6 Å². The molecule has 2 nitrogen and oxygen atoms in total. The van der Waals surface area contributed by atoms with Gasteiger partial charge in [-0.1, -0.05) is 42.5 Å². The first-order valence-electron chi connectivity index (χ1n) is 7.44. The first kappa shape index (κ1) is 14.1. The fourth-order valence-corrected chi connectivity index (χ4v) is 2.75. The third-order valence-corrected chi connectivity index (χ3v) is 3.96. The Bertz CT molecular complexity index is 555. The quantitative estimate of drug-likeness (QED) is 0.925. The third kappa shape index (κ3) is 3.61. The van der Waals surface area contributed by atoms with Crippen LogP contribution in [0.3, 0.4) is 0 Å². The Labute approximate surface area is 125 Å². The van der Waals surface area contributed by atoms with Gasteiger partial charge in [-0.15, -0.1) is 0 Å². The van der Waals surface area contributed by atoms with Gasteiger partial charge in [-0.25, -0.2) is 4.39 Å². The van der Waals surface area contributed by atoms with Crippen molar-refractivity contribution in [3.8, 4) is 5.75 Å². The molecule has 1 aliphatic heterocycles. The normalized spacial score (nSPS) is 22.0. The maximum absolute atomic E-state index is 13.9. The Morgan fingerprint density at radius 3 is 2.52 bits per heavy atom. The van der Waals surface area contributed by atoms with Crippen LogP contribution >= 0.6 is 0 Å². The molecule has 0 spiro atoms. The topological polar surface area (TPSA) is 21.3 Å². The van der Waals surface area contributed by atoms with Crippen molar-refractivity contribution in [2.24, 2.45) is 0 Å². The average molecular weight is 285 g/mol. The molecule has 2 aromatic rings. The van der Waals surface area contributed by atoms with Crippen molar-refractivity contribution in [1.29, 1.82) is 0 Å². The predicted octanol–water partition coefficient (Wildman–Crippen LogP) is 3.68. The molecule has 3 heteroatoms. The highest BCUT2D eigenvalue weighted by molar-refractivity contribution is 5.31. The molecule has 1 fully saturated rings. The van der Waals surface area contributed by atoms with Gasteiger partial charge in [0.15, 0.2) is 0 Å². The van der Waals surface area contributed by atoms with E-state index >= 15 is 0 Å². The number of ether oxygens (including phenoxy) is 1. The molecule has 110 valence electrons. The smallest absolute Gasteiger partial charge is 0.119 e. The summed E-state index contributed by atoms with van der Waals surface area (Å²) in [5, 5.41) is 3.08. The molecule has 0 amide bonds. The molecule has 0 unspecified atom stereocenters. The van der Waals surface area contributed by atoms with Crippen LogP contribution in [0.2, 0.25) is 0 Å². The first-order chi connectivity index (χ1) is 10.3. The van der Waals surface area contributed by atoms with E-state index in [0.29, 0.717) is 13.2 Å². The van der Waals surface area contributed by atoms with E-state index in [1.165, 1.54) is 0 Å². The minimum atomic E-state index is -0.796. The Morgan fingerprint density at radius 2 is 1.81 bits per heavy atom. The predicted molar refractivity (Wildman–Crippen MR) is 82.3 cm³/mol. The third-order valence-electron chi connectivity index (χ3n) is 3.96. The van der Waals surface area contributed by atoms with E-state index in [4.69, 9.17) is 4.74 Å². The second-order valence-electron chi connectivity index (χ2n) is 5.46. The SMILES string of the molecule is F[C@@H]1CNCC[C@@H]1c1ccc(OCc2ccccc2)cc1. The van der Waals surface area contributed by atoms with Crippen molar-refractivity contribution in [2.45, 2.75) is 25.1 Å². The highest BCUT2D eigenvalue weighted by atomic mass is 19.1. The molecule has 0 aromatic heterocycles. The molecule has 21 heavy (non-hydrogen) atoms. The Kier molecular flexibility index (Phi) is 4.51. The highest BCUT2D eigenvalue weighted by Crippen LogP contribution is 2.29. The van der Waals surface area contributed by atoms with Gasteiger partial charge in [-0.3, -0.25) is 0 Å². The Morgan fingerprint density at radius 1 is 1.05 bits per heavy atom. The molecular weight excluding hydrogens is 265 g/mol. The van der Waals surface area contributed by atoms with Crippen LogP contribution in [0.4, 0.5) is 4.39 Å². The molecule has 0 saturated carbocycles. The minimum absolute atomic E-state index is 0.00873. The van der Waals surface area contributed by atoms with Crippen LogP contribution in [0, 0.1) is 0 Å². The van der Waals surface area contributed by atoms with Gasteiger partial charge in [0.05, 0.1) is 0 Å². The van der Waals surface area contributed by atoms with Gasteiger partial charge in [0.1, 0.15) is 18.5 Å².